The summed E-state index contributed by atoms with van der Waals surface area (Å²) >= 11 is 0. The normalized spacial score (nSPS) is 11.1. The Morgan fingerprint density at radius 3 is 2.43 bits per heavy atom. The molecule has 1 amide bonds. The number of aliphatic carboxylic acids is 1. The second-order valence-corrected chi connectivity index (χ2v) is 4.32. The zero-order valence-electron chi connectivity index (χ0n) is 11.6. The van der Waals surface area contributed by atoms with Gasteiger partial charge in [-0.05, 0) is 24.8 Å². The summed E-state index contributed by atoms with van der Waals surface area (Å²) in [5, 5.41) is 19.9. The fourth-order valence-electron chi connectivity index (χ4n) is 1.62. The van der Waals surface area contributed by atoms with Gasteiger partial charge in [-0.3, -0.25) is 0 Å². The molecule has 118 valence electrons. The third kappa shape index (κ3) is 8.21. The van der Waals surface area contributed by atoms with Crippen molar-refractivity contribution in [1.29, 1.82) is 0 Å². The third-order valence-electron chi connectivity index (χ3n) is 2.70. The number of carboxylic acid groups (broad SMARTS) is 1. The van der Waals surface area contributed by atoms with E-state index in [4.69, 9.17) is 14.9 Å². The van der Waals surface area contributed by atoms with E-state index in [2.05, 4.69) is 5.32 Å². The van der Waals surface area contributed by atoms with E-state index < -0.39 is 18.1 Å². The number of nitrogens with one attached hydrogen (secondary N) is 1. The summed E-state index contributed by atoms with van der Waals surface area (Å²) in [6.07, 6.45) is 0.526. The molecule has 0 spiro atoms. The number of aliphatic hydroxyl groups is 1. The number of alkyl carbamates (subject to hydrolysis) is 1. The average molecular weight is 315 g/mol. The van der Waals surface area contributed by atoms with Crippen LogP contribution in [0.2, 0.25) is 0 Å². The van der Waals surface area contributed by atoms with E-state index in [1.807, 2.05) is 30.3 Å². The molecule has 0 aliphatic heterocycles. The highest BCUT2D eigenvalue weighted by atomic mass is 32.1. The number of hydrogen-bond donors (Lipinski definition) is 3. The molecule has 3 N–H and O–H groups in total. The van der Waals surface area contributed by atoms with E-state index in [-0.39, 0.29) is 33.1 Å². The van der Waals surface area contributed by atoms with Crippen molar-refractivity contribution in [3.8, 4) is 0 Å². The van der Waals surface area contributed by atoms with Crippen LogP contribution in [0.4, 0.5) is 4.79 Å². The molecule has 1 aromatic carbocycles. The van der Waals surface area contributed by atoms with Crippen molar-refractivity contribution < 1.29 is 24.5 Å². The number of aliphatic hydroxyl groups excluding tert-OH is 1. The Morgan fingerprint density at radius 1 is 1.19 bits per heavy atom. The number of carbonyl (C=O) groups excluding carboxylic acids is 1. The van der Waals surface area contributed by atoms with Crippen LogP contribution in [0.1, 0.15) is 24.8 Å². The van der Waals surface area contributed by atoms with Gasteiger partial charge >= 0.3 is 12.1 Å². The van der Waals surface area contributed by atoms with Gasteiger partial charge in [0.25, 0.3) is 0 Å². The molecule has 21 heavy (non-hydrogen) atoms. The lowest BCUT2D eigenvalue weighted by Gasteiger charge is -2.14. The Bertz CT molecular complexity index is 427. The molecule has 0 aromatic heterocycles. The molecule has 0 aliphatic rings. The highest BCUT2D eigenvalue weighted by Crippen LogP contribution is 2.04. The molecule has 0 radical (unpaired) electrons. The lowest BCUT2D eigenvalue weighted by atomic mass is 10.1. The number of amides is 1. The molecular weight excluding hydrogens is 294 g/mol. The molecule has 0 fully saturated rings. The number of benzene rings is 1. The van der Waals surface area contributed by atoms with Crippen LogP contribution in [0, 0.1) is 0 Å². The van der Waals surface area contributed by atoms with Gasteiger partial charge in [0.15, 0.2) is 0 Å². The second kappa shape index (κ2) is 11.0. The maximum atomic E-state index is 11.5. The Kier molecular flexibility index (Phi) is 10.1. The predicted molar refractivity (Wildman–Crippen MR) is 82.5 cm³/mol. The first kappa shape index (κ1) is 19.3. The van der Waals surface area contributed by atoms with Gasteiger partial charge in [0.05, 0.1) is 0 Å². The lowest BCUT2D eigenvalue weighted by Crippen LogP contribution is -2.41. The van der Waals surface area contributed by atoms with Gasteiger partial charge in [-0.1, -0.05) is 30.3 Å². The number of carbonyl (C=O) groups is 2. The number of ether oxygens (including phenoxy) is 1. The maximum absolute atomic E-state index is 11.5. The summed E-state index contributed by atoms with van der Waals surface area (Å²) in [5.41, 5.74) is 0.829. The lowest BCUT2D eigenvalue weighted by molar-refractivity contribution is -0.139. The van der Waals surface area contributed by atoms with Crippen molar-refractivity contribution >= 4 is 25.6 Å². The van der Waals surface area contributed by atoms with E-state index in [9.17, 15) is 9.59 Å². The van der Waals surface area contributed by atoms with Crippen molar-refractivity contribution in [3.63, 3.8) is 0 Å². The Hall–Kier alpha value is -1.73. The van der Waals surface area contributed by atoms with Crippen LogP contribution in [0.3, 0.4) is 0 Å². The van der Waals surface area contributed by atoms with Gasteiger partial charge in [0, 0.05) is 6.61 Å². The number of carboxylic acids is 1. The monoisotopic (exact) mass is 315 g/mol. The van der Waals surface area contributed by atoms with Gasteiger partial charge in [-0.2, -0.15) is 13.5 Å². The predicted octanol–water partition coefficient (Wildman–Crippen LogP) is 1.64. The van der Waals surface area contributed by atoms with Crippen molar-refractivity contribution in [2.75, 3.05) is 6.61 Å². The average Bonchev–Trinajstić information content (AvgIpc) is 2.45. The van der Waals surface area contributed by atoms with Crippen molar-refractivity contribution in [2.45, 2.75) is 31.9 Å². The summed E-state index contributed by atoms with van der Waals surface area (Å²) in [6, 6.07) is 8.12. The van der Waals surface area contributed by atoms with Crippen LogP contribution >= 0.6 is 13.5 Å². The summed E-state index contributed by atoms with van der Waals surface area (Å²) in [5.74, 6) is -1.11. The smallest absolute Gasteiger partial charge is 0.408 e. The van der Waals surface area contributed by atoms with Crippen LogP contribution in [0.25, 0.3) is 0 Å². The molecule has 0 heterocycles. The van der Waals surface area contributed by atoms with E-state index in [1.165, 1.54) is 0 Å². The van der Waals surface area contributed by atoms with E-state index in [0.717, 1.165) is 5.56 Å². The molecule has 7 heteroatoms. The third-order valence-corrected chi connectivity index (χ3v) is 2.70. The number of unbranched alkanes of at least 4 members (excludes halogenated alkanes) is 1. The molecule has 0 saturated heterocycles. The van der Waals surface area contributed by atoms with Gasteiger partial charge in [0.2, 0.25) is 0 Å². The molecule has 0 aliphatic carbocycles. The Labute approximate surface area is 130 Å². The molecule has 0 bridgehead atoms. The number of rotatable bonds is 8. The Balaban J connectivity index is 0.00000400. The fourth-order valence-corrected chi connectivity index (χ4v) is 1.62. The molecular formula is C14H21NO5S. The minimum Gasteiger partial charge on any atom is -0.480 e. The topological polar surface area (TPSA) is 95.9 Å². The van der Waals surface area contributed by atoms with Crippen molar-refractivity contribution in [1.82, 2.24) is 5.32 Å². The zero-order chi connectivity index (χ0) is 14.8. The van der Waals surface area contributed by atoms with Crippen LogP contribution in [0.5, 0.6) is 0 Å². The van der Waals surface area contributed by atoms with Crippen LogP contribution < -0.4 is 5.32 Å². The SMILES string of the molecule is O=C(N[C@@H](CCCCO)C(=O)O)OCc1ccccc1.S. The first-order valence-electron chi connectivity index (χ1n) is 6.44. The molecule has 1 atom stereocenters. The summed E-state index contributed by atoms with van der Waals surface area (Å²) in [4.78, 5) is 22.5. The summed E-state index contributed by atoms with van der Waals surface area (Å²) in [6.45, 7) is 0.0977. The van der Waals surface area contributed by atoms with Gasteiger partial charge < -0.3 is 20.3 Å². The minimum atomic E-state index is -1.11. The van der Waals surface area contributed by atoms with E-state index >= 15 is 0 Å². The molecule has 1 rings (SSSR count). The second-order valence-electron chi connectivity index (χ2n) is 4.32. The molecule has 0 saturated carbocycles. The van der Waals surface area contributed by atoms with Crippen LogP contribution in [-0.4, -0.2) is 34.9 Å². The summed E-state index contributed by atoms with van der Waals surface area (Å²) in [7, 11) is 0. The van der Waals surface area contributed by atoms with Gasteiger partial charge in [-0.15, -0.1) is 0 Å². The van der Waals surface area contributed by atoms with Crippen LogP contribution in [-0.2, 0) is 16.1 Å². The highest BCUT2D eigenvalue weighted by Gasteiger charge is 2.19. The van der Waals surface area contributed by atoms with Crippen molar-refractivity contribution in [2.24, 2.45) is 0 Å². The first-order valence-corrected chi connectivity index (χ1v) is 6.44. The molecule has 1 aromatic rings. The highest BCUT2D eigenvalue weighted by molar-refractivity contribution is 7.59. The molecule has 6 nitrogen and oxygen atoms in total. The Morgan fingerprint density at radius 2 is 1.86 bits per heavy atom. The molecule has 0 unspecified atom stereocenters. The fraction of sp³-hybridized carbons (Fsp3) is 0.429. The van der Waals surface area contributed by atoms with Crippen LogP contribution in [0.15, 0.2) is 30.3 Å². The standard InChI is InChI=1S/C14H19NO5.H2S/c16-9-5-4-8-12(13(17)18)15-14(19)20-10-11-6-2-1-3-7-11;/h1-3,6-7,12,16H,4-5,8-10H2,(H,15,19)(H,17,18);1H2/t12-;/m0./s1. The largest absolute Gasteiger partial charge is 0.480 e. The minimum absolute atomic E-state index is 0. The number of hydrogen-bond acceptors (Lipinski definition) is 4. The zero-order valence-corrected chi connectivity index (χ0v) is 12.6. The maximum Gasteiger partial charge on any atom is 0.408 e. The van der Waals surface area contributed by atoms with E-state index in [1.54, 1.807) is 0 Å². The van der Waals surface area contributed by atoms with E-state index in [0.29, 0.717) is 12.8 Å². The van der Waals surface area contributed by atoms with Gasteiger partial charge in [-0.25, -0.2) is 9.59 Å². The quantitative estimate of drug-likeness (QED) is 0.634. The van der Waals surface area contributed by atoms with Crippen molar-refractivity contribution in [3.05, 3.63) is 35.9 Å². The van der Waals surface area contributed by atoms with Gasteiger partial charge in [0.1, 0.15) is 12.6 Å². The first-order chi connectivity index (χ1) is 9.63. The summed E-state index contributed by atoms with van der Waals surface area (Å²) < 4.78 is 4.95.